The molecular weight excluding hydrogens is 189 g/mol. The molecule has 1 aromatic rings. The van der Waals surface area contributed by atoms with Gasteiger partial charge in [0, 0.05) is 6.20 Å². The van der Waals surface area contributed by atoms with Gasteiger partial charge in [-0.25, -0.2) is 9.97 Å². The Balaban J connectivity index is 3.14. The highest BCUT2D eigenvalue weighted by Crippen LogP contribution is 2.33. The van der Waals surface area contributed by atoms with Gasteiger partial charge in [0.25, 0.3) is 0 Å². The van der Waals surface area contributed by atoms with Crippen LogP contribution in [-0.4, -0.2) is 16.2 Å². The Morgan fingerprint density at radius 1 is 1.42 bits per heavy atom. The van der Waals surface area contributed by atoms with Gasteiger partial charge >= 0.3 is 6.18 Å². The maximum atomic E-state index is 12.1. The van der Waals surface area contributed by atoms with E-state index in [0.29, 0.717) is 0 Å². The number of halogens is 3. The molecule has 0 aliphatic carbocycles. The summed E-state index contributed by atoms with van der Waals surface area (Å²) in [6.07, 6.45) is -0.793. The normalized spacial score (nSPS) is 11.7. The summed E-state index contributed by atoms with van der Waals surface area (Å²) < 4.78 is 36.4. The quantitative estimate of drug-likeness (QED) is 0.641. The minimum absolute atomic E-state index is 0.0463. The van der Waals surface area contributed by atoms with Crippen LogP contribution in [-0.2, 0) is 6.18 Å². The Hall–Kier alpha value is -0.780. The lowest BCUT2D eigenvalue weighted by Crippen LogP contribution is -2.09. The van der Waals surface area contributed by atoms with Crippen molar-refractivity contribution in [1.29, 1.82) is 0 Å². The first-order chi connectivity index (χ1) is 5.55. The molecule has 0 bridgehead atoms. The van der Waals surface area contributed by atoms with Crippen LogP contribution in [0.25, 0.3) is 0 Å². The molecule has 0 aliphatic rings. The van der Waals surface area contributed by atoms with E-state index in [4.69, 9.17) is 0 Å². The summed E-state index contributed by atoms with van der Waals surface area (Å²) in [5, 5.41) is 0. The monoisotopic (exact) mass is 194 g/mol. The largest absolute Gasteiger partial charge is 0.434 e. The van der Waals surface area contributed by atoms with Crippen molar-refractivity contribution in [3.05, 3.63) is 18.2 Å². The number of hydrogen-bond acceptors (Lipinski definition) is 3. The van der Waals surface area contributed by atoms with Crippen molar-refractivity contribution in [2.75, 3.05) is 6.26 Å². The van der Waals surface area contributed by atoms with Gasteiger partial charge in [-0.3, -0.25) is 0 Å². The molecule has 66 valence electrons. The number of alkyl halides is 3. The Kier molecular flexibility index (Phi) is 2.56. The summed E-state index contributed by atoms with van der Waals surface area (Å²) in [6.45, 7) is 0. The molecule has 0 N–H and O–H groups in total. The number of nitrogens with zero attached hydrogens (tertiary/aromatic N) is 2. The van der Waals surface area contributed by atoms with Gasteiger partial charge < -0.3 is 0 Å². The molecule has 2 nitrogen and oxygen atoms in total. The predicted octanol–water partition coefficient (Wildman–Crippen LogP) is 2.22. The molecule has 12 heavy (non-hydrogen) atoms. The molecule has 0 saturated heterocycles. The summed E-state index contributed by atoms with van der Waals surface area (Å²) in [6, 6.07) is 0. The Bertz CT molecular complexity index is 274. The fraction of sp³-hybridized carbons (Fsp3) is 0.333. The first kappa shape index (κ1) is 9.31. The average Bonchev–Trinajstić information content (AvgIpc) is 2.03. The van der Waals surface area contributed by atoms with Gasteiger partial charge in [-0.05, 0) is 6.26 Å². The van der Waals surface area contributed by atoms with E-state index in [1.807, 2.05) is 0 Å². The molecule has 0 aliphatic heterocycles. The lowest BCUT2D eigenvalue weighted by Gasteiger charge is -2.07. The maximum absolute atomic E-state index is 12.1. The van der Waals surface area contributed by atoms with E-state index < -0.39 is 11.9 Å². The van der Waals surface area contributed by atoms with E-state index >= 15 is 0 Å². The van der Waals surface area contributed by atoms with Crippen LogP contribution in [0.15, 0.2) is 17.4 Å². The van der Waals surface area contributed by atoms with E-state index in [9.17, 15) is 13.2 Å². The number of thioether (sulfide) groups is 1. The van der Waals surface area contributed by atoms with Gasteiger partial charge in [0.1, 0.15) is 6.33 Å². The Morgan fingerprint density at radius 2 is 2.08 bits per heavy atom. The van der Waals surface area contributed by atoms with Crippen molar-refractivity contribution in [2.45, 2.75) is 11.1 Å². The molecule has 0 radical (unpaired) electrons. The van der Waals surface area contributed by atoms with E-state index in [0.717, 1.165) is 24.3 Å². The van der Waals surface area contributed by atoms with Crippen LogP contribution in [0.2, 0.25) is 0 Å². The molecule has 0 atom stereocenters. The minimum atomic E-state index is -4.39. The summed E-state index contributed by atoms with van der Waals surface area (Å²) in [7, 11) is 0. The SMILES string of the molecule is CSc1cncnc1C(F)(F)F. The average molecular weight is 194 g/mol. The maximum Gasteiger partial charge on any atom is 0.434 e. The van der Waals surface area contributed by atoms with Gasteiger partial charge in [0.15, 0.2) is 5.69 Å². The minimum Gasteiger partial charge on any atom is -0.244 e. The van der Waals surface area contributed by atoms with E-state index in [-0.39, 0.29) is 4.90 Å². The summed E-state index contributed by atoms with van der Waals surface area (Å²) in [4.78, 5) is 6.71. The zero-order chi connectivity index (χ0) is 9.19. The van der Waals surface area contributed by atoms with Crippen molar-refractivity contribution < 1.29 is 13.2 Å². The third-order valence-electron chi connectivity index (χ3n) is 1.17. The van der Waals surface area contributed by atoms with Crippen LogP contribution in [0.1, 0.15) is 5.69 Å². The number of rotatable bonds is 1. The van der Waals surface area contributed by atoms with E-state index in [1.165, 1.54) is 0 Å². The molecule has 1 rings (SSSR count). The second-order valence-corrected chi connectivity index (χ2v) is 2.79. The van der Waals surface area contributed by atoms with E-state index in [2.05, 4.69) is 9.97 Å². The van der Waals surface area contributed by atoms with Crippen LogP contribution >= 0.6 is 11.8 Å². The molecule has 1 heterocycles. The van der Waals surface area contributed by atoms with Crippen molar-refractivity contribution >= 4 is 11.8 Å². The van der Waals surface area contributed by atoms with Crippen LogP contribution < -0.4 is 0 Å². The highest BCUT2D eigenvalue weighted by molar-refractivity contribution is 7.98. The molecule has 0 spiro atoms. The first-order valence-corrected chi connectivity index (χ1v) is 4.19. The summed E-state index contributed by atoms with van der Waals surface area (Å²) in [5.74, 6) is 0. The lowest BCUT2D eigenvalue weighted by atomic mass is 10.4. The molecule has 6 heteroatoms. The van der Waals surface area contributed by atoms with Crippen LogP contribution in [0, 0.1) is 0 Å². The molecular formula is C6H5F3N2S. The molecule has 0 amide bonds. The molecule has 0 saturated carbocycles. The zero-order valence-corrected chi connectivity index (χ0v) is 6.91. The van der Waals surface area contributed by atoms with Crippen molar-refractivity contribution in [3.63, 3.8) is 0 Å². The first-order valence-electron chi connectivity index (χ1n) is 2.97. The summed E-state index contributed by atoms with van der Waals surface area (Å²) >= 11 is 0.977. The van der Waals surface area contributed by atoms with Gasteiger partial charge in [0.05, 0.1) is 4.90 Å². The van der Waals surface area contributed by atoms with Crippen LogP contribution in [0.4, 0.5) is 13.2 Å². The Morgan fingerprint density at radius 3 is 2.50 bits per heavy atom. The van der Waals surface area contributed by atoms with E-state index in [1.54, 1.807) is 6.26 Å². The van der Waals surface area contributed by atoms with Crippen molar-refractivity contribution in [2.24, 2.45) is 0 Å². The lowest BCUT2D eigenvalue weighted by molar-refractivity contribution is -0.143. The smallest absolute Gasteiger partial charge is 0.244 e. The number of aromatic nitrogens is 2. The fourth-order valence-corrected chi connectivity index (χ4v) is 1.21. The van der Waals surface area contributed by atoms with Crippen molar-refractivity contribution in [1.82, 2.24) is 9.97 Å². The van der Waals surface area contributed by atoms with Gasteiger partial charge in [-0.15, -0.1) is 11.8 Å². The highest BCUT2D eigenvalue weighted by Gasteiger charge is 2.35. The van der Waals surface area contributed by atoms with Crippen LogP contribution in [0.3, 0.4) is 0 Å². The standard InChI is InChI=1S/C6H5F3N2S/c1-12-4-2-10-3-11-5(4)6(7,8)9/h2-3H,1H3. The molecule has 0 aromatic carbocycles. The fourth-order valence-electron chi connectivity index (χ4n) is 0.679. The van der Waals surface area contributed by atoms with Gasteiger partial charge in [0.2, 0.25) is 0 Å². The molecule has 0 fully saturated rings. The molecule has 0 unspecified atom stereocenters. The summed E-state index contributed by atoms with van der Waals surface area (Å²) in [5.41, 5.74) is -0.870. The zero-order valence-electron chi connectivity index (χ0n) is 6.09. The Labute approximate surface area is 71.2 Å². The third-order valence-corrected chi connectivity index (χ3v) is 1.91. The molecule has 1 aromatic heterocycles. The third kappa shape index (κ3) is 1.88. The second kappa shape index (κ2) is 3.30. The highest BCUT2D eigenvalue weighted by atomic mass is 32.2. The van der Waals surface area contributed by atoms with Gasteiger partial charge in [-0.1, -0.05) is 0 Å². The van der Waals surface area contributed by atoms with Crippen molar-refractivity contribution in [3.8, 4) is 0 Å². The van der Waals surface area contributed by atoms with Gasteiger partial charge in [-0.2, -0.15) is 13.2 Å². The van der Waals surface area contributed by atoms with Crippen LogP contribution in [0.5, 0.6) is 0 Å². The number of hydrogen-bond donors (Lipinski definition) is 0. The topological polar surface area (TPSA) is 25.8 Å². The second-order valence-electron chi connectivity index (χ2n) is 1.94. The predicted molar refractivity (Wildman–Crippen MR) is 38.8 cm³/mol.